The SMILES string of the molecule is CCCC(=O)Nc1ccc(CCN2CCNCC2)cc1OCC. The van der Waals surface area contributed by atoms with Gasteiger partial charge >= 0.3 is 0 Å². The molecule has 1 saturated heterocycles. The quantitative estimate of drug-likeness (QED) is 0.772. The van der Waals surface area contributed by atoms with E-state index in [1.165, 1.54) is 5.56 Å². The minimum atomic E-state index is 0.0435. The van der Waals surface area contributed by atoms with E-state index in [0.717, 1.165) is 57.0 Å². The van der Waals surface area contributed by atoms with Crippen LogP contribution in [0.2, 0.25) is 0 Å². The van der Waals surface area contributed by atoms with Crippen LogP contribution in [0, 0.1) is 0 Å². The van der Waals surface area contributed by atoms with E-state index in [1.54, 1.807) is 0 Å². The normalized spacial score (nSPS) is 15.4. The molecule has 5 nitrogen and oxygen atoms in total. The molecule has 1 amide bonds. The number of carbonyl (C=O) groups is 1. The van der Waals surface area contributed by atoms with Crippen LogP contribution in [0.3, 0.4) is 0 Å². The first kappa shape index (κ1) is 17.8. The second kappa shape index (κ2) is 9.53. The molecule has 0 spiro atoms. The van der Waals surface area contributed by atoms with Crippen LogP contribution < -0.4 is 15.4 Å². The lowest BCUT2D eigenvalue weighted by atomic mass is 10.1. The Bertz CT molecular complexity index is 499. The zero-order chi connectivity index (χ0) is 16.5. The number of benzene rings is 1. The summed E-state index contributed by atoms with van der Waals surface area (Å²) in [6.07, 6.45) is 2.39. The number of amides is 1. The van der Waals surface area contributed by atoms with Crippen molar-refractivity contribution in [3.8, 4) is 5.75 Å². The van der Waals surface area contributed by atoms with Gasteiger partial charge in [0.2, 0.25) is 5.91 Å². The molecular formula is C18H29N3O2. The number of carbonyl (C=O) groups excluding carboxylic acids is 1. The number of hydrogen-bond acceptors (Lipinski definition) is 4. The van der Waals surface area contributed by atoms with E-state index in [4.69, 9.17) is 4.74 Å². The molecular weight excluding hydrogens is 290 g/mol. The minimum absolute atomic E-state index is 0.0435. The van der Waals surface area contributed by atoms with Crippen LogP contribution in [0.4, 0.5) is 5.69 Å². The Balaban J connectivity index is 1.97. The van der Waals surface area contributed by atoms with Crippen molar-refractivity contribution in [1.82, 2.24) is 10.2 Å². The molecule has 0 atom stereocenters. The van der Waals surface area contributed by atoms with E-state index in [9.17, 15) is 4.79 Å². The molecule has 0 bridgehead atoms. The van der Waals surface area contributed by atoms with Crippen LogP contribution in [-0.2, 0) is 11.2 Å². The molecule has 1 aliphatic heterocycles. The van der Waals surface area contributed by atoms with Gasteiger partial charge in [-0.3, -0.25) is 4.79 Å². The molecule has 0 aliphatic carbocycles. The van der Waals surface area contributed by atoms with Gasteiger partial charge in [-0.1, -0.05) is 13.0 Å². The summed E-state index contributed by atoms with van der Waals surface area (Å²) in [5, 5.41) is 6.32. The molecule has 1 fully saturated rings. The van der Waals surface area contributed by atoms with E-state index < -0.39 is 0 Å². The van der Waals surface area contributed by atoms with Crippen LogP contribution >= 0.6 is 0 Å². The summed E-state index contributed by atoms with van der Waals surface area (Å²) in [6.45, 7) is 10.0. The smallest absolute Gasteiger partial charge is 0.224 e. The van der Waals surface area contributed by atoms with Crippen LogP contribution in [-0.4, -0.2) is 50.1 Å². The summed E-state index contributed by atoms with van der Waals surface area (Å²) >= 11 is 0. The van der Waals surface area contributed by atoms with Gasteiger partial charge in [-0.2, -0.15) is 0 Å². The number of piperazine rings is 1. The molecule has 0 unspecified atom stereocenters. The Hall–Kier alpha value is -1.59. The maximum atomic E-state index is 11.8. The van der Waals surface area contributed by atoms with Gasteiger partial charge < -0.3 is 20.3 Å². The van der Waals surface area contributed by atoms with Gasteiger partial charge in [0.15, 0.2) is 0 Å². The first-order valence-electron chi connectivity index (χ1n) is 8.71. The molecule has 0 aromatic heterocycles. The van der Waals surface area contributed by atoms with E-state index in [0.29, 0.717) is 13.0 Å². The van der Waals surface area contributed by atoms with Crippen molar-refractivity contribution < 1.29 is 9.53 Å². The van der Waals surface area contributed by atoms with Crippen LogP contribution in [0.25, 0.3) is 0 Å². The highest BCUT2D eigenvalue weighted by atomic mass is 16.5. The highest BCUT2D eigenvalue weighted by Crippen LogP contribution is 2.26. The zero-order valence-electron chi connectivity index (χ0n) is 14.4. The maximum Gasteiger partial charge on any atom is 0.224 e. The highest BCUT2D eigenvalue weighted by Gasteiger charge is 2.11. The summed E-state index contributed by atoms with van der Waals surface area (Å²) in [6, 6.07) is 6.12. The third-order valence-electron chi connectivity index (χ3n) is 4.02. The van der Waals surface area contributed by atoms with Gasteiger partial charge in [0.25, 0.3) is 0 Å². The fourth-order valence-electron chi connectivity index (χ4n) is 2.76. The lowest BCUT2D eigenvalue weighted by Gasteiger charge is -2.27. The van der Waals surface area contributed by atoms with Crippen molar-refractivity contribution in [3.05, 3.63) is 23.8 Å². The fraction of sp³-hybridized carbons (Fsp3) is 0.611. The van der Waals surface area contributed by atoms with E-state index in [-0.39, 0.29) is 5.91 Å². The van der Waals surface area contributed by atoms with Gasteiger partial charge in [-0.25, -0.2) is 0 Å². The number of anilines is 1. The number of nitrogens with one attached hydrogen (secondary N) is 2. The fourth-order valence-corrected chi connectivity index (χ4v) is 2.76. The Kier molecular flexibility index (Phi) is 7.36. The summed E-state index contributed by atoms with van der Waals surface area (Å²) in [4.78, 5) is 14.3. The van der Waals surface area contributed by atoms with E-state index >= 15 is 0 Å². The molecule has 1 aliphatic rings. The highest BCUT2D eigenvalue weighted by molar-refractivity contribution is 5.92. The minimum Gasteiger partial charge on any atom is -0.492 e. The van der Waals surface area contributed by atoms with Gasteiger partial charge in [0.05, 0.1) is 12.3 Å². The average molecular weight is 319 g/mol. The van der Waals surface area contributed by atoms with Crippen molar-refractivity contribution in [1.29, 1.82) is 0 Å². The standard InChI is InChI=1S/C18H29N3O2/c1-3-5-18(22)20-16-7-6-15(14-17(16)23-4-2)8-11-21-12-9-19-10-13-21/h6-7,14,19H,3-5,8-13H2,1-2H3,(H,20,22). The predicted molar refractivity (Wildman–Crippen MR) is 94.2 cm³/mol. The van der Waals surface area contributed by atoms with Crippen LogP contribution in [0.15, 0.2) is 18.2 Å². The molecule has 0 saturated carbocycles. The number of rotatable bonds is 8. The lowest BCUT2D eigenvalue weighted by Crippen LogP contribution is -2.44. The predicted octanol–water partition coefficient (Wildman–Crippen LogP) is 2.27. The number of nitrogens with zero attached hydrogens (tertiary/aromatic N) is 1. The van der Waals surface area contributed by atoms with Gasteiger partial charge in [-0.05, 0) is 37.5 Å². The van der Waals surface area contributed by atoms with Gasteiger partial charge in [-0.15, -0.1) is 0 Å². The van der Waals surface area contributed by atoms with Crippen LogP contribution in [0.5, 0.6) is 5.75 Å². The molecule has 1 heterocycles. The molecule has 1 aromatic carbocycles. The molecule has 0 radical (unpaired) electrons. The Labute approximate surface area is 139 Å². The second-order valence-electron chi connectivity index (χ2n) is 5.90. The molecule has 2 rings (SSSR count). The Morgan fingerprint density at radius 1 is 1.30 bits per heavy atom. The van der Waals surface area contributed by atoms with E-state index in [2.05, 4.69) is 27.7 Å². The maximum absolute atomic E-state index is 11.8. The number of ether oxygens (including phenoxy) is 1. The zero-order valence-corrected chi connectivity index (χ0v) is 14.4. The monoisotopic (exact) mass is 319 g/mol. The summed E-state index contributed by atoms with van der Waals surface area (Å²) in [5.41, 5.74) is 2.02. The van der Waals surface area contributed by atoms with Crippen molar-refractivity contribution >= 4 is 11.6 Å². The third kappa shape index (κ3) is 5.84. The Morgan fingerprint density at radius 3 is 2.78 bits per heavy atom. The molecule has 128 valence electrons. The van der Waals surface area contributed by atoms with Crippen molar-refractivity contribution in [2.45, 2.75) is 33.1 Å². The van der Waals surface area contributed by atoms with Gasteiger partial charge in [0.1, 0.15) is 5.75 Å². The Morgan fingerprint density at radius 2 is 2.09 bits per heavy atom. The molecule has 5 heteroatoms. The van der Waals surface area contributed by atoms with E-state index in [1.807, 2.05) is 19.9 Å². The second-order valence-corrected chi connectivity index (χ2v) is 5.90. The first-order valence-corrected chi connectivity index (χ1v) is 8.71. The summed E-state index contributed by atoms with van der Waals surface area (Å²) in [7, 11) is 0. The lowest BCUT2D eigenvalue weighted by molar-refractivity contribution is -0.116. The summed E-state index contributed by atoms with van der Waals surface area (Å²) < 4.78 is 5.71. The molecule has 23 heavy (non-hydrogen) atoms. The number of hydrogen-bond donors (Lipinski definition) is 2. The van der Waals surface area contributed by atoms with Crippen molar-refractivity contribution in [3.63, 3.8) is 0 Å². The van der Waals surface area contributed by atoms with Gasteiger partial charge in [0, 0.05) is 39.1 Å². The first-order chi connectivity index (χ1) is 11.2. The average Bonchev–Trinajstić information content (AvgIpc) is 2.56. The summed E-state index contributed by atoms with van der Waals surface area (Å²) in [5.74, 6) is 0.816. The topological polar surface area (TPSA) is 53.6 Å². The molecule has 1 aromatic rings. The van der Waals surface area contributed by atoms with Crippen molar-refractivity contribution in [2.75, 3.05) is 44.6 Å². The van der Waals surface area contributed by atoms with Crippen LogP contribution in [0.1, 0.15) is 32.3 Å². The largest absolute Gasteiger partial charge is 0.492 e. The molecule has 2 N–H and O–H groups in total. The van der Waals surface area contributed by atoms with Crippen molar-refractivity contribution in [2.24, 2.45) is 0 Å². The third-order valence-corrected chi connectivity index (χ3v) is 4.02.